The normalized spacial score (nSPS) is 16.3. The Morgan fingerprint density at radius 1 is 1.25 bits per heavy atom. The van der Waals surface area contributed by atoms with Crippen LogP contribution in [0.1, 0.15) is 40.5 Å². The molecule has 4 rings (SSSR count). The van der Waals surface area contributed by atoms with E-state index in [1.165, 1.54) is 35.8 Å². The summed E-state index contributed by atoms with van der Waals surface area (Å²) in [7, 11) is 0. The molecule has 0 saturated heterocycles. The van der Waals surface area contributed by atoms with Crippen LogP contribution in [0.4, 0.5) is 8.78 Å². The van der Waals surface area contributed by atoms with Gasteiger partial charge in [-0.25, -0.2) is 14.4 Å². The summed E-state index contributed by atoms with van der Waals surface area (Å²) in [6.45, 7) is 4.19. The molecule has 1 aliphatic rings. The molecule has 28 heavy (non-hydrogen) atoms. The van der Waals surface area contributed by atoms with Gasteiger partial charge in [-0.2, -0.15) is 4.37 Å². The number of aryl methyl sites for hydroxylation is 2. The van der Waals surface area contributed by atoms with Gasteiger partial charge in [-0.3, -0.25) is 9.18 Å². The number of carbonyl (C=O) groups is 1. The summed E-state index contributed by atoms with van der Waals surface area (Å²) in [5.41, 5.74) is 1.88. The largest absolute Gasteiger partial charge is 0.329 e. The molecule has 6 nitrogen and oxygen atoms in total. The van der Waals surface area contributed by atoms with Gasteiger partial charge in [-0.15, -0.1) is 0 Å². The van der Waals surface area contributed by atoms with Crippen molar-refractivity contribution in [1.82, 2.24) is 23.8 Å². The molecule has 0 N–H and O–H groups in total. The first-order valence-corrected chi connectivity index (χ1v) is 9.79. The number of hydrogen-bond acceptors (Lipinski definition) is 5. The van der Waals surface area contributed by atoms with Crippen molar-refractivity contribution < 1.29 is 13.6 Å². The van der Waals surface area contributed by atoms with E-state index in [0.29, 0.717) is 41.0 Å². The highest BCUT2D eigenvalue weighted by Crippen LogP contribution is 2.34. The lowest BCUT2D eigenvalue weighted by molar-refractivity contribution is 0.0643. The molecule has 1 atom stereocenters. The summed E-state index contributed by atoms with van der Waals surface area (Å²) >= 11 is 1.26. The third-order valence-corrected chi connectivity index (χ3v) is 5.72. The van der Waals surface area contributed by atoms with Crippen LogP contribution in [0.15, 0.2) is 24.3 Å². The minimum Gasteiger partial charge on any atom is -0.329 e. The summed E-state index contributed by atoms with van der Waals surface area (Å²) < 4.78 is 32.6. The SMILES string of the molecule is Cc1nsc(-c2nc(CCF)c3n2CCN(C(=O)c2ccc(F)cc2)[C@@H]3C)n1. The van der Waals surface area contributed by atoms with Gasteiger partial charge in [-0.1, -0.05) is 0 Å². The predicted octanol–water partition coefficient (Wildman–Crippen LogP) is 3.58. The summed E-state index contributed by atoms with van der Waals surface area (Å²) in [4.78, 5) is 23.7. The lowest BCUT2D eigenvalue weighted by Crippen LogP contribution is -2.41. The molecule has 0 unspecified atom stereocenters. The predicted molar refractivity (Wildman–Crippen MR) is 101 cm³/mol. The topological polar surface area (TPSA) is 63.9 Å². The number of hydrogen-bond donors (Lipinski definition) is 0. The number of rotatable bonds is 4. The Hall–Kier alpha value is -2.68. The molecule has 1 amide bonds. The van der Waals surface area contributed by atoms with E-state index in [0.717, 1.165) is 5.69 Å². The Balaban J connectivity index is 1.72. The van der Waals surface area contributed by atoms with Crippen LogP contribution in [0.5, 0.6) is 0 Å². The molecule has 0 saturated carbocycles. The molecule has 3 heterocycles. The highest BCUT2D eigenvalue weighted by atomic mass is 32.1. The van der Waals surface area contributed by atoms with Crippen LogP contribution < -0.4 is 0 Å². The lowest BCUT2D eigenvalue weighted by atomic mass is 10.1. The number of amides is 1. The molecule has 0 spiro atoms. The molecule has 3 aromatic rings. The Labute approximate surface area is 165 Å². The van der Waals surface area contributed by atoms with Crippen molar-refractivity contribution in [3.05, 3.63) is 52.9 Å². The maximum absolute atomic E-state index is 13.2. The second-order valence-corrected chi connectivity index (χ2v) is 7.44. The number of alkyl halides is 1. The Kier molecular flexibility index (Phi) is 4.92. The molecule has 0 bridgehead atoms. The maximum atomic E-state index is 13.2. The first kappa shape index (κ1) is 18.7. The Morgan fingerprint density at radius 2 is 2.00 bits per heavy atom. The number of benzene rings is 1. The molecular formula is C19H19F2N5OS. The fraction of sp³-hybridized carbons (Fsp3) is 0.368. The number of halogens is 2. The lowest BCUT2D eigenvalue weighted by Gasteiger charge is -2.35. The van der Waals surface area contributed by atoms with Crippen molar-refractivity contribution >= 4 is 17.4 Å². The van der Waals surface area contributed by atoms with E-state index in [1.807, 2.05) is 18.4 Å². The first-order valence-electron chi connectivity index (χ1n) is 9.02. The smallest absolute Gasteiger partial charge is 0.254 e. The van der Waals surface area contributed by atoms with Gasteiger partial charge in [0.15, 0.2) is 10.8 Å². The molecule has 1 aliphatic heterocycles. The van der Waals surface area contributed by atoms with E-state index in [-0.39, 0.29) is 24.2 Å². The van der Waals surface area contributed by atoms with Crippen LogP contribution in [-0.2, 0) is 13.0 Å². The number of aromatic nitrogens is 4. The van der Waals surface area contributed by atoms with Crippen LogP contribution in [0, 0.1) is 12.7 Å². The third-order valence-electron chi connectivity index (χ3n) is 4.91. The average Bonchev–Trinajstić information content (AvgIpc) is 3.26. The monoisotopic (exact) mass is 403 g/mol. The van der Waals surface area contributed by atoms with Crippen molar-refractivity contribution in [1.29, 1.82) is 0 Å². The molecule has 0 radical (unpaired) electrons. The summed E-state index contributed by atoms with van der Waals surface area (Å²) in [6.07, 6.45) is 0.177. The van der Waals surface area contributed by atoms with Crippen molar-refractivity contribution in [2.24, 2.45) is 0 Å². The van der Waals surface area contributed by atoms with Crippen LogP contribution in [-0.4, -0.2) is 42.9 Å². The van der Waals surface area contributed by atoms with Gasteiger partial charge in [0.2, 0.25) is 0 Å². The van der Waals surface area contributed by atoms with E-state index in [2.05, 4.69) is 14.3 Å². The molecule has 0 aliphatic carbocycles. The van der Waals surface area contributed by atoms with E-state index in [1.54, 1.807) is 4.90 Å². The van der Waals surface area contributed by atoms with Gasteiger partial charge in [0, 0.05) is 25.1 Å². The minimum atomic E-state index is -0.531. The third kappa shape index (κ3) is 3.19. The van der Waals surface area contributed by atoms with E-state index in [9.17, 15) is 13.6 Å². The van der Waals surface area contributed by atoms with Gasteiger partial charge >= 0.3 is 0 Å². The van der Waals surface area contributed by atoms with Crippen molar-refractivity contribution in [3.63, 3.8) is 0 Å². The standard InChI is InChI=1S/C19H19F2N5OS/c1-11-16-15(7-8-20)23-17(18-22-12(2)24-28-18)26(16)10-9-25(11)19(27)13-3-5-14(21)6-4-13/h3-6,11H,7-10H2,1-2H3/t11-/m1/s1. The van der Waals surface area contributed by atoms with Crippen LogP contribution in [0.3, 0.4) is 0 Å². The zero-order valence-electron chi connectivity index (χ0n) is 15.5. The van der Waals surface area contributed by atoms with Gasteiger partial charge in [0.1, 0.15) is 11.6 Å². The number of imidazole rings is 1. The van der Waals surface area contributed by atoms with Gasteiger partial charge < -0.3 is 9.47 Å². The highest BCUT2D eigenvalue weighted by molar-refractivity contribution is 7.09. The van der Waals surface area contributed by atoms with Gasteiger partial charge in [-0.05, 0) is 49.6 Å². The number of fused-ring (bicyclic) bond motifs is 1. The minimum absolute atomic E-state index is 0.177. The molecule has 2 aromatic heterocycles. The van der Waals surface area contributed by atoms with Gasteiger partial charge in [0.25, 0.3) is 5.91 Å². The Morgan fingerprint density at radius 3 is 2.64 bits per heavy atom. The fourth-order valence-electron chi connectivity index (χ4n) is 3.62. The number of carbonyl (C=O) groups excluding carboxylic acids is 1. The number of nitrogens with zero attached hydrogens (tertiary/aromatic N) is 5. The maximum Gasteiger partial charge on any atom is 0.254 e. The van der Waals surface area contributed by atoms with Gasteiger partial charge in [0.05, 0.1) is 24.1 Å². The van der Waals surface area contributed by atoms with E-state index < -0.39 is 6.67 Å². The second-order valence-electron chi connectivity index (χ2n) is 6.69. The molecule has 1 aromatic carbocycles. The molecular weight excluding hydrogens is 384 g/mol. The van der Waals surface area contributed by atoms with Crippen molar-refractivity contribution in [2.45, 2.75) is 32.9 Å². The summed E-state index contributed by atoms with van der Waals surface area (Å²) in [5, 5.41) is 0.689. The molecule has 0 fully saturated rings. The highest BCUT2D eigenvalue weighted by Gasteiger charge is 2.34. The zero-order chi connectivity index (χ0) is 19.8. The second kappa shape index (κ2) is 7.38. The van der Waals surface area contributed by atoms with Crippen LogP contribution in [0.25, 0.3) is 10.8 Å². The first-order chi connectivity index (χ1) is 13.5. The van der Waals surface area contributed by atoms with Crippen LogP contribution >= 0.6 is 11.5 Å². The van der Waals surface area contributed by atoms with Crippen molar-refractivity contribution in [3.8, 4) is 10.8 Å². The van der Waals surface area contributed by atoms with Crippen molar-refractivity contribution in [2.75, 3.05) is 13.2 Å². The van der Waals surface area contributed by atoms with E-state index in [4.69, 9.17) is 0 Å². The zero-order valence-corrected chi connectivity index (χ0v) is 16.3. The quantitative estimate of drug-likeness (QED) is 0.668. The Bertz CT molecular complexity index is 1010. The van der Waals surface area contributed by atoms with Crippen LogP contribution in [0.2, 0.25) is 0 Å². The van der Waals surface area contributed by atoms with E-state index >= 15 is 0 Å². The summed E-state index contributed by atoms with van der Waals surface area (Å²) in [5.74, 6) is 0.772. The average molecular weight is 403 g/mol. The summed E-state index contributed by atoms with van der Waals surface area (Å²) in [6, 6.07) is 5.22. The molecule has 9 heteroatoms. The molecule has 146 valence electrons. The fourth-order valence-corrected chi connectivity index (χ4v) is 4.29.